The minimum absolute atomic E-state index is 0. The van der Waals surface area contributed by atoms with Crippen molar-refractivity contribution in [3.05, 3.63) is 35.4 Å². The summed E-state index contributed by atoms with van der Waals surface area (Å²) < 4.78 is 79.0. The van der Waals surface area contributed by atoms with Crippen LogP contribution in [-0.2, 0) is 72.7 Å². The molecule has 5 aliphatic carbocycles. The first-order chi connectivity index (χ1) is 56.9. The standard InChI is InChI=1S/C24H46.C20H38.C20H32.2C13H26O5.C11H22O4.C2H6.2CH4/c1-5-13-23(14-6-2)17-9-21(10-18-23)22-11-19-24(15-7-3,16-8-4)20-12-22;2*1-4-13-20(14-5-2)15-11-19(12-16-20)18-9-7-17(6-3)8-10-18;2*1-5-14-10-9-18-13(17-8-4)12(16-7-3)11(10)15-6-2;1-4-12-9-7-11(14-6-3)15-8-10(9)13-5-2;1-2;;/h21-22H,5-20H2,1-4H3;17-19H,4-16H2,1-3H3;7-10,19H,4-6,11-16H2,1-3H3;2*10-13H,5-9H2,1-4H3;9-11H,4-8H2,1-3H3;1-2H3;2*1H4/t;;;10-,11+,12-,13?;10-,11-,12+,13?;9-,10+,11?;;;/m...110.../s1. The van der Waals surface area contributed by atoms with Gasteiger partial charge < -0.3 is 66.3 Å². The Hall–Kier alpha value is -1.34. The maximum atomic E-state index is 5.78. The van der Waals surface area contributed by atoms with Gasteiger partial charge in [-0.2, -0.15) is 0 Å². The van der Waals surface area contributed by atoms with Gasteiger partial charge in [0.2, 0.25) is 0 Å². The third-order valence-corrected chi connectivity index (χ3v) is 28.2. The van der Waals surface area contributed by atoms with Gasteiger partial charge in [-0.1, -0.05) is 193 Å². The van der Waals surface area contributed by atoms with Crippen LogP contribution in [-0.4, -0.2) is 160 Å². The van der Waals surface area contributed by atoms with Crippen molar-refractivity contribution in [2.75, 3.05) is 92.5 Å². The lowest BCUT2D eigenvalue weighted by molar-refractivity contribution is -0.291. The van der Waals surface area contributed by atoms with Crippen LogP contribution in [0.5, 0.6) is 0 Å². The molecule has 8 fully saturated rings. The summed E-state index contributed by atoms with van der Waals surface area (Å²) in [6, 6.07) is 9.43. The van der Waals surface area contributed by atoms with Crippen LogP contribution >= 0.6 is 0 Å². The van der Waals surface area contributed by atoms with E-state index in [1.54, 1.807) is 95.5 Å². The van der Waals surface area contributed by atoms with E-state index in [1.807, 2.05) is 90.0 Å². The van der Waals surface area contributed by atoms with E-state index in [-0.39, 0.29) is 82.6 Å². The summed E-state index contributed by atoms with van der Waals surface area (Å²) in [6.45, 7) is 57.7. The lowest BCUT2D eigenvalue weighted by Gasteiger charge is -2.47. The second-order valence-corrected chi connectivity index (χ2v) is 36.0. The molecular formula is C105H204O14. The molecule has 11 atom stereocenters. The van der Waals surface area contributed by atoms with Gasteiger partial charge in [-0.05, 0) is 318 Å². The molecule has 708 valence electrons. The largest absolute Gasteiger partial charge is 0.376 e. The molecule has 14 heteroatoms. The van der Waals surface area contributed by atoms with Crippen molar-refractivity contribution in [2.24, 2.45) is 51.2 Å². The van der Waals surface area contributed by atoms with E-state index in [9.17, 15) is 0 Å². The average Bonchev–Trinajstić information content (AvgIpc) is 0.820. The molecule has 0 N–H and O–H groups in total. The van der Waals surface area contributed by atoms with Crippen LogP contribution in [0.2, 0.25) is 0 Å². The molecule has 5 saturated carbocycles. The first-order valence-corrected chi connectivity index (χ1v) is 50.7. The van der Waals surface area contributed by atoms with Crippen LogP contribution in [0.25, 0.3) is 0 Å². The molecule has 119 heavy (non-hydrogen) atoms. The van der Waals surface area contributed by atoms with E-state index in [0.717, 1.165) is 64.6 Å². The van der Waals surface area contributed by atoms with E-state index < -0.39 is 0 Å². The van der Waals surface area contributed by atoms with Crippen LogP contribution in [0.1, 0.15) is 435 Å². The molecule has 3 heterocycles. The van der Waals surface area contributed by atoms with Gasteiger partial charge in [0, 0.05) is 79.1 Å². The first-order valence-electron chi connectivity index (χ1n) is 50.7. The van der Waals surface area contributed by atoms with Crippen LogP contribution in [0.4, 0.5) is 0 Å². The quantitative estimate of drug-likeness (QED) is 0.0615. The highest BCUT2D eigenvalue weighted by atomic mass is 16.7. The number of ether oxygens (including phenoxy) is 14. The van der Waals surface area contributed by atoms with Crippen molar-refractivity contribution in [2.45, 2.75) is 498 Å². The Bertz CT molecular complexity index is 2240. The molecule has 14 nitrogen and oxygen atoms in total. The fraction of sp³-hybridized carbons (Fsp3) is 0.943. The molecule has 0 bridgehead atoms. The van der Waals surface area contributed by atoms with Crippen molar-refractivity contribution in [3.63, 3.8) is 0 Å². The second kappa shape index (κ2) is 68.8. The smallest absolute Gasteiger partial charge is 0.186 e. The lowest BCUT2D eigenvalue weighted by atomic mass is 9.59. The highest BCUT2D eigenvalue weighted by Gasteiger charge is 2.46. The molecule has 0 amide bonds. The zero-order valence-corrected chi connectivity index (χ0v) is 81.3. The topological polar surface area (TPSA) is 129 Å². The summed E-state index contributed by atoms with van der Waals surface area (Å²) in [5.74, 6) is 6.23. The molecular weight excluding hydrogens is 1490 g/mol. The van der Waals surface area contributed by atoms with Gasteiger partial charge in [-0.25, -0.2) is 0 Å². The number of aryl methyl sites for hydroxylation is 1. The summed E-state index contributed by atoms with van der Waals surface area (Å²) in [5.41, 5.74) is 5.97. The maximum absolute atomic E-state index is 5.78. The van der Waals surface area contributed by atoms with Gasteiger partial charge >= 0.3 is 0 Å². The molecule has 1 aromatic carbocycles. The zero-order chi connectivity index (χ0) is 86.2. The summed E-state index contributed by atoms with van der Waals surface area (Å²) in [7, 11) is 0. The fourth-order valence-electron chi connectivity index (χ4n) is 22.7. The van der Waals surface area contributed by atoms with E-state index in [4.69, 9.17) is 66.3 Å². The van der Waals surface area contributed by atoms with Crippen molar-refractivity contribution >= 4 is 0 Å². The maximum Gasteiger partial charge on any atom is 0.186 e. The summed E-state index contributed by atoms with van der Waals surface area (Å²) in [6.07, 6.45) is 55.1. The average molecular weight is 1690 g/mol. The minimum Gasteiger partial charge on any atom is -0.376 e. The third kappa shape index (κ3) is 40.5. The fourth-order valence-corrected chi connectivity index (χ4v) is 22.7. The molecule has 0 radical (unpaired) electrons. The van der Waals surface area contributed by atoms with E-state index in [0.29, 0.717) is 97.9 Å². The molecule has 1 aromatic rings. The molecule has 8 aliphatic rings. The van der Waals surface area contributed by atoms with E-state index >= 15 is 0 Å². The predicted molar refractivity (Wildman–Crippen MR) is 504 cm³/mol. The minimum atomic E-state index is -0.372. The van der Waals surface area contributed by atoms with Gasteiger partial charge in [0.15, 0.2) is 18.9 Å². The Balaban J connectivity index is 0.000000712. The van der Waals surface area contributed by atoms with E-state index in [2.05, 4.69) is 93.5 Å². The summed E-state index contributed by atoms with van der Waals surface area (Å²) >= 11 is 0. The van der Waals surface area contributed by atoms with Crippen molar-refractivity contribution in [3.8, 4) is 0 Å². The molecule has 3 aliphatic heterocycles. The SMILES string of the molecule is C.C.CC.CCCC1(CCC)CCC(C2CCC(CC)CC2)CC1.CCCC1(CCC)CCC(C2CCC(CCC)(CCC)CC2)CC1.CCCC1(CCC)CCC(c2ccc(CC)cc2)CC1.CCOC1C[C@H](OCC)[C@H](OCC)CO1.CCOC1OC[C@@H](OCC)[C@@H](OCC)[C@@H]1OCC.CCOC1OC[C@@H](OCC)[C@H](OCC)[C@H]1OCC. The normalized spacial score (nSPS) is 27.5. The number of hydrogen-bond acceptors (Lipinski definition) is 14. The summed E-state index contributed by atoms with van der Waals surface area (Å²) in [5, 5.41) is 0. The highest BCUT2D eigenvalue weighted by Crippen LogP contribution is 2.55. The Morgan fingerprint density at radius 1 is 0.286 bits per heavy atom. The van der Waals surface area contributed by atoms with Crippen molar-refractivity contribution in [1.82, 2.24) is 0 Å². The number of hydrogen-bond donors (Lipinski definition) is 0. The molecule has 0 spiro atoms. The molecule has 9 rings (SSSR count). The molecule has 3 saturated heterocycles. The van der Waals surface area contributed by atoms with Gasteiger partial charge in [0.1, 0.15) is 42.7 Å². The first kappa shape index (κ1) is 116. The molecule has 3 unspecified atom stereocenters. The van der Waals surface area contributed by atoms with E-state index in [1.165, 1.54) is 153 Å². The molecule has 0 aromatic heterocycles. The van der Waals surface area contributed by atoms with Crippen LogP contribution in [0.3, 0.4) is 0 Å². The Morgan fingerprint density at radius 2 is 0.563 bits per heavy atom. The monoisotopic (exact) mass is 1690 g/mol. The van der Waals surface area contributed by atoms with Crippen molar-refractivity contribution < 1.29 is 66.3 Å². The number of benzene rings is 1. The number of rotatable bonds is 43. The zero-order valence-electron chi connectivity index (χ0n) is 81.3. The third-order valence-electron chi connectivity index (χ3n) is 28.2. The van der Waals surface area contributed by atoms with Gasteiger partial charge in [-0.15, -0.1) is 0 Å². The second-order valence-electron chi connectivity index (χ2n) is 36.0. The Labute approximate surface area is 739 Å². The van der Waals surface area contributed by atoms with Crippen molar-refractivity contribution in [1.29, 1.82) is 0 Å². The van der Waals surface area contributed by atoms with Crippen LogP contribution < -0.4 is 0 Å². The van der Waals surface area contributed by atoms with Gasteiger partial charge in [-0.3, -0.25) is 0 Å². The lowest BCUT2D eigenvalue weighted by Crippen LogP contribution is -2.57. The Kier molecular flexibility index (Phi) is 66.8. The predicted octanol–water partition coefficient (Wildman–Crippen LogP) is 29.1. The Morgan fingerprint density at radius 3 is 0.857 bits per heavy atom. The van der Waals surface area contributed by atoms with Crippen LogP contribution in [0, 0.1) is 51.2 Å². The highest BCUT2D eigenvalue weighted by molar-refractivity contribution is 5.26. The van der Waals surface area contributed by atoms with Crippen LogP contribution in [0.15, 0.2) is 24.3 Å². The van der Waals surface area contributed by atoms with Gasteiger partial charge in [0.25, 0.3) is 0 Å². The summed E-state index contributed by atoms with van der Waals surface area (Å²) in [4.78, 5) is 0. The van der Waals surface area contributed by atoms with Gasteiger partial charge in [0.05, 0.1) is 25.9 Å².